The van der Waals surface area contributed by atoms with E-state index in [-0.39, 0.29) is 14.6 Å². The van der Waals surface area contributed by atoms with Crippen molar-refractivity contribution in [3.63, 3.8) is 0 Å². The van der Waals surface area contributed by atoms with E-state index in [9.17, 15) is 22.0 Å². The van der Waals surface area contributed by atoms with E-state index >= 15 is 0 Å². The molecule has 0 saturated heterocycles. The number of aromatic nitrogens is 1. The van der Waals surface area contributed by atoms with Crippen LogP contribution in [0.3, 0.4) is 0 Å². The third kappa shape index (κ3) is 4.19. The Kier molecular flexibility index (Phi) is 4.93. The zero-order valence-electron chi connectivity index (χ0n) is 7.86. The number of alkyl halides is 6. The van der Waals surface area contributed by atoms with E-state index in [1.807, 2.05) is 0 Å². The van der Waals surface area contributed by atoms with Crippen molar-refractivity contribution in [3.05, 3.63) is 20.9 Å². The topological polar surface area (TPSA) is 22.1 Å². The van der Waals surface area contributed by atoms with Crippen LogP contribution in [0.5, 0.6) is 5.88 Å². The van der Waals surface area contributed by atoms with Crippen molar-refractivity contribution in [2.45, 2.75) is 18.1 Å². The van der Waals surface area contributed by atoms with Gasteiger partial charge in [-0.05, 0) is 22.6 Å². The van der Waals surface area contributed by atoms with E-state index in [0.29, 0.717) is 0 Å². The molecule has 1 heterocycles. The van der Waals surface area contributed by atoms with Crippen LogP contribution in [0.25, 0.3) is 0 Å². The first-order valence-electron chi connectivity index (χ1n) is 4.03. The summed E-state index contributed by atoms with van der Waals surface area (Å²) in [6.45, 7) is 0. The molecule has 2 nitrogen and oxygen atoms in total. The highest BCUT2D eigenvalue weighted by Crippen LogP contribution is 2.32. The molecule has 0 aliphatic carbocycles. The zero-order valence-corrected chi connectivity index (χ0v) is 11.6. The van der Waals surface area contributed by atoms with Gasteiger partial charge < -0.3 is 4.74 Å². The van der Waals surface area contributed by atoms with Crippen LogP contribution in [0.4, 0.5) is 22.0 Å². The van der Waals surface area contributed by atoms with Crippen LogP contribution in [-0.4, -0.2) is 11.3 Å². The average Bonchev–Trinajstić information content (AvgIpc) is 2.12. The van der Waals surface area contributed by atoms with Gasteiger partial charge in [0.2, 0.25) is 5.88 Å². The van der Waals surface area contributed by atoms with Gasteiger partial charge in [0.25, 0.3) is 6.43 Å². The maximum Gasteiger partial charge on any atom is 0.574 e. The van der Waals surface area contributed by atoms with Gasteiger partial charge in [-0.3, -0.25) is 0 Å². The number of hydrogen-bond acceptors (Lipinski definition) is 2. The summed E-state index contributed by atoms with van der Waals surface area (Å²) in [4.78, 5) is 3.38. The number of pyridine rings is 1. The SMILES string of the molecule is FC(F)c1c(I)cc(OC(F)(F)F)nc1CBr. The van der Waals surface area contributed by atoms with Crippen molar-refractivity contribution in [3.8, 4) is 5.88 Å². The Morgan fingerprint density at radius 1 is 1.41 bits per heavy atom. The third-order valence-corrected chi connectivity index (χ3v) is 3.05. The van der Waals surface area contributed by atoms with Gasteiger partial charge in [0.1, 0.15) is 0 Å². The van der Waals surface area contributed by atoms with Crippen molar-refractivity contribution in [2.75, 3.05) is 0 Å². The maximum absolute atomic E-state index is 12.6. The Balaban J connectivity index is 3.18. The van der Waals surface area contributed by atoms with Gasteiger partial charge in [0, 0.05) is 15.0 Å². The molecule has 0 atom stereocenters. The summed E-state index contributed by atoms with van der Waals surface area (Å²) >= 11 is 4.40. The van der Waals surface area contributed by atoms with E-state index in [0.717, 1.165) is 6.07 Å². The van der Waals surface area contributed by atoms with Crippen molar-refractivity contribution < 1.29 is 26.7 Å². The number of rotatable bonds is 3. The monoisotopic (exact) mass is 431 g/mol. The van der Waals surface area contributed by atoms with Gasteiger partial charge in [-0.2, -0.15) is 0 Å². The predicted molar refractivity (Wildman–Crippen MR) is 61.2 cm³/mol. The number of halogens is 7. The lowest BCUT2D eigenvalue weighted by atomic mass is 10.2. The molecule has 0 aliphatic rings. The van der Waals surface area contributed by atoms with Gasteiger partial charge >= 0.3 is 6.36 Å². The summed E-state index contributed by atoms with van der Waals surface area (Å²) in [5.41, 5.74) is -0.567. The smallest absolute Gasteiger partial charge is 0.388 e. The van der Waals surface area contributed by atoms with Crippen LogP contribution in [0.15, 0.2) is 6.07 Å². The lowest BCUT2D eigenvalue weighted by molar-refractivity contribution is -0.276. The number of hydrogen-bond donors (Lipinski definition) is 0. The second-order valence-corrected chi connectivity index (χ2v) is 4.51. The van der Waals surface area contributed by atoms with E-state index in [4.69, 9.17) is 0 Å². The average molecular weight is 432 g/mol. The van der Waals surface area contributed by atoms with Crippen LogP contribution in [0.2, 0.25) is 0 Å². The third-order valence-electron chi connectivity index (χ3n) is 1.63. The minimum Gasteiger partial charge on any atom is -0.388 e. The molecule has 1 rings (SSSR count). The summed E-state index contributed by atoms with van der Waals surface area (Å²) in [6.07, 6.45) is -7.70. The van der Waals surface area contributed by atoms with Gasteiger partial charge in [0.15, 0.2) is 0 Å². The molecule has 0 spiro atoms. The van der Waals surface area contributed by atoms with Crippen molar-refractivity contribution >= 4 is 38.5 Å². The van der Waals surface area contributed by atoms with E-state index < -0.39 is 24.2 Å². The minimum absolute atomic E-state index is 0.0266. The maximum atomic E-state index is 12.6. The highest BCUT2D eigenvalue weighted by Gasteiger charge is 2.32. The van der Waals surface area contributed by atoms with E-state index in [1.165, 1.54) is 22.6 Å². The van der Waals surface area contributed by atoms with Crippen LogP contribution in [-0.2, 0) is 5.33 Å². The molecule has 0 radical (unpaired) electrons. The van der Waals surface area contributed by atoms with Gasteiger partial charge in [-0.25, -0.2) is 13.8 Å². The molecule has 0 saturated carbocycles. The first kappa shape index (κ1) is 14.9. The normalized spacial score (nSPS) is 12.0. The van der Waals surface area contributed by atoms with Gasteiger partial charge in [0.05, 0.1) is 11.3 Å². The Labute approximate surface area is 115 Å². The van der Waals surface area contributed by atoms with Crippen molar-refractivity contribution in [2.24, 2.45) is 0 Å². The molecule has 17 heavy (non-hydrogen) atoms. The quantitative estimate of drug-likeness (QED) is 0.401. The van der Waals surface area contributed by atoms with E-state index in [2.05, 4.69) is 25.7 Å². The summed E-state index contributed by atoms with van der Waals surface area (Å²) in [5, 5.41) is -0.0856. The molecule has 0 aromatic carbocycles. The number of nitrogens with zero attached hydrogens (tertiary/aromatic N) is 1. The predicted octanol–water partition coefficient (Wildman–Crippen LogP) is 4.42. The molecule has 0 fully saturated rings. The molecule has 1 aromatic heterocycles. The Bertz CT molecular complexity index is 412. The highest BCUT2D eigenvalue weighted by molar-refractivity contribution is 14.1. The molecule has 0 aliphatic heterocycles. The summed E-state index contributed by atoms with van der Waals surface area (Å²) in [6, 6.07) is 0.821. The molecular weight excluding hydrogens is 428 g/mol. The first-order valence-corrected chi connectivity index (χ1v) is 6.23. The highest BCUT2D eigenvalue weighted by atomic mass is 127. The molecular formula is C8H4BrF5INO. The van der Waals surface area contributed by atoms with Gasteiger partial charge in [-0.1, -0.05) is 15.9 Å². The first-order chi connectivity index (χ1) is 7.74. The second kappa shape index (κ2) is 5.63. The van der Waals surface area contributed by atoms with Crippen molar-refractivity contribution in [1.82, 2.24) is 4.98 Å². The summed E-state index contributed by atoms with van der Waals surface area (Å²) in [7, 11) is 0. The van der Waals surface area contributed by atoms with Crippen molar-refractivity contribution in [1.29, 1.82) is 0 Å². The fourth-order valence-corrected chi connectivity index (χ4v) is 2.29. The minimum atomic E-state index is -4.90. The fourth-order valence-electron chi connectivity index (χ4n) is 1.05. The van der Waals surface area contributed by atoms with Crippen LogP contribution < -0.4 is 4.74 Å². The molecule has 0 N–H and O–H groups in total. The second-order valence-electron chi connectivity index (χ2n) is 2.78. The van der Waals surface area contributed by atoms with Crippen LogP contribution in [0.1, 0.15) is 17.7 Å². The molecule has 0 amide bonds. The molecule has 0 bridgehead atoms. The Morgan fingerprint density at radius 2 is 2.00 bits per heavy atom. The summed E-state index contributed by atoms with van der Waals surface area (Å²) < 4.78 is 64.6. The number of ether oxygens (including phenoxy) is 1. The molecule has 9 heteroatoms. The zero-order chi connectivity index (χ0) is 13.2. The largest absolute Gasteiger partial charge is 0.574 e. The van der Waals surface area contributed by atoms with Gasteiger partial charge in [-0.15, -0.1) is 13.2 Å². The standard InChI is InChI=1S/C8H4BrF5INO/c9-2-4-6(7(10)11)3(15)1-5(16-4)17-8(12,13)14/h1,7H,2H2. The fraction of sp³-hybridized carbons (Fsp3) is 0.375. The van der Waals surface area contributed by atoms with Crippen LogP contribution >= 0.6 is 38.5 Å². The molecule has 0 unspecified atom stereocenters. The van der Waals surface area contributed by atoms with Crippen LogP contribution in [0, 0.1) is 3.57 Å². The Morgan fingerprint density at radius 3 is 2.41 bits per heavy atom. The molecule has 96 valence electrons. The van der Waals surface area contributed by atoms with E-state index in [1.54, 1.807) is 0 Å². The Hall–Kier alpha value is -0.190. The summed E-state index contributed by atoms with van der Waals surface area (Å²) in [5.74, 6) is -0.749. The lowest BCUT2D eigenvalue weighted by Gasteiger charge is -2.12. The lowest BCUT2D eigenvalue weighted by Crippen LogP contribution is -2.18. The molecule has 1 aromatic rings.